The van der Waals surface area contributed by atoms with Crippen LogP contribution in [-0.4, -0.2) is 40.6 Å². The van der Waals surface area contributed by atoms with E-state index in [-0.39, 0.29) is 17.9 Å². The number of aliphatic hydroxyl groups is 1. The Bertz CT molecular complexity index is 447. The summed E-state index contributed by atoms with van der Waals surface area (Å²) in [6, 6.07) is 3.45. The standard InChI is InChI=1S/C15H20N2O2/c1-2-6-15(12-18)7-3-10-17(11-15)14(19)13-4-8-16-9-5-13/h2,4-5,8-9,18H,1,3,6-7,10-12H2/t15-/m1/s1. The minimum Gasteiger partial charge on any atom is -0.396 e. The van der Waals surface area contributed by atoms with Crippen molar-refractivity contribution in [3.8, 4) is 0 Å². The van der Waals surface area contributed by atoms with E-state index >= 15 is 0 Å². The van der Waals surface area contributed by atoms with Crippen molar-refractivity contribution >= 4 is 5.91 Å². The van der Waals surface area contributed by atoms with Crippen molar-refractivity contribution in [2.45, 2.75) is 19.3 Å². The Morgan fingerprint density at radius 1 is 1.53 bits per heavy atom. The van der Waals surface area contributed by atoms with Gasteiger partial charge < -0.3 is 10.0 Å². The van der Waals surface area contributed by atoms with Crippen molar-refractivity contribution in [3.05, 3.63) is 42.7 Å². The van der Waals surface area contributed by atoms with Gasteiger partial charge in [0.05, 0.1) is 6.61 Å². The molecule has 0 radical (unpaired) electrons. The van der Waals surface area contributed by atoms with Crippen molar-refractivity contribution in [2.24, 2.45) is 5.41 Å². The Labute approximate surface area is 113 Å². The summed E-state index contributed by atoms with van der Waals surface area (Å²) in [5, 5.41) is 9.65. The Balaban J connectivity index is 2.13. The Morgan fingerprint density at radius 2 is 2.26 bits per heavy atom. The lowest BCUT2D eigenvalue weighted by molar-refractivity contribution is 0.0285. The highest BCUT2D eigenvalue weighted by molar-refractivity contribution is 5.94. The van der Waals surface area contributed by atoms with Crippen LogP contribution in [0.3, 0.4) is 0 Å². The third kappa shape index (κ3) is 3.01. The maximum absolute atomic E-state index is 12.4. The molecule has 1 atom stereocenters. The molecule has 1 aromatic heterocycles. The summed E-state index contributed by atoms with van der Waals surface area (Å²) in [5.74, 6) is 0.0176. The van der Waals surface area contributed by atoms with Gasteiger partial charge in [-0.1, -0.05) is 6.08 Å². The van der Waals surface area contributed by atoms with Gasteiger partial charge in [-0.05, 0) is 31.4 Å². The van der Waals surface area contributed by atoms with Crippen molar-refractivity contribution < 1.29 is 9.90 Å². The highest BCUT2D eigenvalue weighted by Crippen LogP contribution is 2.33. The molecule has 19 heavy (non-hydrogen) atoms. The largest absolute Gasteiger partial charge is 0.396 e. The van der Waals surface area contributed by atoms with Crippen molar-refractivity contribution in [2.75, 3.05) is 19.7 Å². The molecule has 1 fully saturated rings. The second kappa shape index (κ2) is 5.97. The first-order chi connectivity index (χ1) is 9.21. The van der Waals surface area contributed by atoms with Gasteiger partial charge in [0.15, 0.2) is 0 Å². The first kappa shape index (κ1) is 13.7. The van der Waals surface area contributed by atoms with Gasteiger partial charge >= 0.3 is 0 Å². The molecule has 0 aromatic carbocycles. The number of carbonyl (C=O) groups is 1. The molecule has 1 aliphatic heterocycles. The average molecular weight is 260 g/mol. The molecule has 2 heterocycles. The fourth-order valence-corrected chi connectivity index (χ4v) is 2.72. The first-order valence-electron chi connectivity index (χ1n) is 6.62. The molecule has 1 amide bonds. The first-order valence-corrected chi connectivity index (χ1v) is 6.62. The number of nitrogens with zero attached hydrogens (tertiary/aromatic N) is 2. The topological polar surface area (TPSA) is 53.4 Å². The van der Waals surface area contributed by atoms with E-state index in [0.717, 1.165) is 25.8 Å². The van der Waals surface area contributed by atoms with E-state index in [1.54, 1.807) is 24.5 Å². The molecule has 0 aliphatic carbocycles. The molecule has 1 saturated heterocycles. The van der Waals surface area contributed by atoms with Crippen LogP contribution in [0.1, 0.15) is 29.6 Å². The zero-order valence-electron chi connectivity index (χ0n) is 11.1. The van der Waals surface area contributed by atoms with E-state index in [4.69, 9.17) is 0 Å². The van der Waals surface area contributed by atoms with Gasteiger partial charge in [-0.2, -0.15) is 0 Å². The smallest absolute Gasteiger partial charge is 0.253 e. The average Bonchev–Trinajstić information content (AvgIpc) is 2.48. The number of pyridine rings is 1. The summed E-state index contributed by atoms with van der Waals surface area (Å²) in [5.41, 5.74) is 0.435. The van der Waals surface area contributed by atoms with Crippen molar-refractivity contribution in [1.29, 1.82) is 0 Å². The van der Waals surface area contributed by atoms with Gasteiger partial charge in [0.25, 0.3) is 5.91 Å². The van der Waals surface area contributed by atoms with Crippen LogP contribution in [0.15, 0.2) is 37.2 Å². The summed E-state index contributed by atoms with van der Waals surface area (Å²) in [7, 11) is 0. The number of aromatic nitrogens is 1. The quantitative estimate of drug-likeness (QED) is 0.841. The highest BCUT2D eigenvalue weighted by atomic mass is 16.3. The summed E-state index contributed by atoms with van der Waals surface area (Å²) in [6.45, 7) is 5.19. The van der Waals surface area contributed by atoms with Gasteiger partial charge in [-0.25, -0.2) is 0 Å². The number of rotatable bonds is 4. The maximum Gasteiger partial charge on any atom is 0.253 e. The molecule has 0 bridgehead atoms. The van der Waals surface area contributed by atoms with E-state index in [0.29, 0.717) is 12.1 Å². The molecule has 1 aliphatic rings. The fourth-order valence-electron chi connectivity index (χ4n) is 2.72. The molecule has 4 heteroatoms. The normalized spacial score (nSPS) is 23.1. The van der Waals surface area contributed by atoms with Gasteiger partial charge in [-0.3, -0.25) is 9.78 Å². The molecule has 1 aromatic rings. The third-order valence-electron chi connectivity index (χ3n) is 3.79. The van der Waals surface area contributed by atoms with Gasteiger partial charge in [0.2, 0.25) is 0 Å². The number of amides is 1. The van der Waals surface area contributed by atoms with Crippen molar-refractivity contribution in [3.63, 3.8) is 0 Å². The number of allylic oxidation sites excluding steroid dienone is 1. The molecular weight excluding hydrogens is 240 g/mol. The molecule has 102 valence electrons. The van der Waals surface area contributed by atoms with Crippen LogP contribution in [0.4, 0.5) is 0 Å². The number of likely N-dealkylation sites (tertiary alicyclic amines) is 1. The van der Waals surface area contributed by atoms with Gasteiger partial charge in [-0.15, -0.1) is 6.58 Å². The summed E-state index contributed by atoms with van der Waals surface area (Å²) < 4.78 is 0. The molecule has 1 N–H and O–H groups in total. The number of aliphatic hydroxyl groups excluding tert-OH is 1. The molecule has 0 unspecified atom stereocenters. The van der Waals surface area contributed by atoms with E-state index in [2.05, 4.69) is 11.6 Å². The third-order valence-corrected chi connectivity index (χ3v) is 3.79. The monoisotopic (exact) mass is 260 g/mol. The second-order valence-corrected chi connectivity index (χ2v) is 5.22. The predicted octanol–water partition coefficient (Wildman–Crippen LogP) is 1.87. The zero-order valence-corrected chi connectivity index (χ0v) is 11.1. The molecule has 0 saturated carbocycles. The Morgan fingerprint density at radius 3 is 2.89 bits per heavy atom. The maximum atomic E-state index is 12.4. The van der Waals surface area contributed by atoms with Crippen LogP contribution < -0.4 is 0 Å². The van der Waals surface area contributed by atoms with Crippen LogP contribution in [0, 0.1) is 5.41 Å². The van der Waals surface area contributed by atoms with Crippen LogP contribution >= 0.6 is 0 Å². The molecule has 0 spiro atoms. The summed E-state index contributed by atoms with van der Waals surface area (Å²) in [4.78, 5) is 18.2. The van der Waals surface area contributed by atoms with Crippen LogP contribution in [0.25, 0.3) is 0 Å². The zero-order chi connectivity index (χ0) is 13.7. The Kier molecular flexibility index (Phi) is 4.32. The fraction of sp³-hybridized carbons (Fsp3) is 0.467. The number of hydrogen-bond donors (Lipinski definition) is 1. The lowest BCUT2D eigenvalue weighted by Gasteiger charge is -2.41. The molecular formula is C15H20N2O2. The summed E-state index contributed by atoms with van der Waals surface area (Å²) >= 11 is 0. The van der Waals surface area contributed by atoms with E-state index in [1.807, 2.05) is 11.0 Å². The number of piperidine rings is 1. The lowest BCUT2D eigenvalue weighted by Crippen LogP contribution is -2.47. The van der Waals surface area contributed by atoms with Crippen LogP contribution in [0.2, 0.25) is 0 Å². The van der Waals surface area contributed by atoms with Gasteiger partial charge in [0.1, 0.15) is 0 Å². The SMILES string of the molecule is C=CC[C@@]1(CO)CCCN(C(=O)c2ccncc2)C1. The predicted molar refractivity (Wildman–Crippen MR) is 73.7 cm³/mol. The van der Waals surface area contributed by atoms with Crippen LogP contribution in [0.5, 0.6) is 0 Å². The molecule has 4 nitrogen and oxygen atoms in total. The van der Waals surface area contributed by atoms with E-state index in [9.17, 15) is 9.90 Å². The molecule has 2 rings (SSSR count). The van der Waals surface area contributed by atoms with Crippen molar-refractivity contribution in [1.82, 2.24) is 9.88 Å². The summed E-state index contributed by atoms with van der Waals surface area (Å²) in [6.07, 6.45) is 7.68. The Hall–Kier alpha value is -1.68. The van der Waals surface area contributed by atoms with E-state index in [1.165, 1.54) is 0 Å². The highest BCUT2D eigenvalue weighted by Gasteiger charge is 2.35. The van der Waals surface area contributed by atoms with Gasteiger partial charge in [0, 0.05) is 36.5 Å². The van der Waals surface area contributed by atoms with E-state index < -0.39 is 0 Å². The lowest BCUT2D eigenvalue weighted by atomic mass is 9.77. The minimum absolute atomic E-state index is 0.0176. The number of carbonyl (C=O) groups excluding carboxylic acids is 1. The van der Waals surface area contributed by atoms with Crippen LogP contribution in [-0.2, 0) is 0 Å². The minimum atomic E-state index is -0.220. The number of hydrogen-bond acceptors (Lipinski definition) is 3. The second-order valence-electron chi connectivity index (χ2n) is 5.22.